The molecule has 1 aliphatic heterocycles. The molecule has 3 aromatic rings. The fraction of sp³-hybridized carbons (Fsp3) is 0.259. The number of rotatable bonds is 5. The van der Waals surface area contributed by atoms with Crippen LogP contribution in [0.5, 0.6) is 0 Å². The number of aromatic nitrogens is 1. The van der Waals surface area contributed by atoms with Gasteiger partial charge >= 0.3 is 0 Å². The van der Waals surface area contributed by atoms with Gasteiger partial charge in [-0.25, -0.2) is 0 Å². The zero-order chi connectivity index (χ0) is 21.0. The third-order valence-corrected chi connectivity index (χ3v) is 6.38. The number of nitrogens with one attached hydrogen (secondary N) is 1. The van der Waals surface area contributed by atoms with Crippen molar-refractivity contribution in [2.75, 3.05) is 18.0 Å². The first-order valence-electron chi connectivity index (χ1n) is 11.0. The molecule has 5 rings (SSSR count). The first-order chi connectivity index (χ1) is 15.3. The van der Waals surface area contributed by atoms with Crippen LogP contribution in [0.1, 0.15) is 40.7 Å². The minimum absolute atomic E-state index is 0.556. The molecular formula is C27H26N4. The monoisotopic (exact) mass is 406 g/mol. The molecule has 4 nitrogen and oxygen atoms in total. The van der Waals surface area contributed by atoms with Crippen LogP contribution in [0.4, 0.5) is 5.69 Å². The Morgan fingerprint density at radius 2 is 1.97 bits per heavy atom. The summed E-state index contributed by atoms with van der Waals surface area (Å²) in [6.45, 7) is 3.02. The van der Waals surface area contributed by atoms with Gasteiger partial charge in [0.1, 0.15) is 0 Å². The zero-order valence-corrected chi connectivity index (χ0v) is 17.6. The van der Waals surface area contributed by atoms with Crippen molar-refractivity contribution in [3.63, 3.8) is 0 Å². The van der Waals surface area contributed by atoms with E-state index in [-0.39, 0.29) is 0 Å². The van der Waals surface area contributed by atoms with Crippen LogP contribution in [-0.4, -0.2) is 24.1 Å². The number of nitrogens with zero attached hydrogens (tertiary/aromatic N) is 3. The van der Waals surface area contributed by atoms with Gasteiger partial charge in [0.05, 0.1) is 11.6 Å². The maximum atomic E-state index is 9.16. The van der Waals surface area contributed by atoms with Crippen LogP contribution in [-0.2, 0) is 13.0 Å². The predicted molar refractivity (Wildman–Crippen MR) is 125 cm³/mol. The quantitative estimate of drug-likeness (QED) is 0.661. The second-order valence-corrected chi connectivity index (χ2v) is 8.43. The largest absolute Gasteiger partial charge is 0.371 e. The Morgan fingerprint density at radius 1 is 1.06 bits per heavy atom. The molecule has 4 heteroatoms. The topological polar surface area (TPSA) is 52.0 Å². The van der Waals surface area contributed by atoms with Crippen molar-refractivity contribution >= 4 is 17.3 Å². The molecule has 2 aliphatic rings. The average Bonchev–Trinajstić information content (AvgIpc) is 3.27. The van der Waals surface area contributed by atoms with E-state index in [0.29, 0.717) is 6.04 Å². The van der Waals surface area contributed by atoms with Crippen molar-refractivity contribution < 1.29 is 0 Å². The Labute approximate surface area is 183 Å². The summed E-state index contributed by atoms with van der Waals surface area (Å²) in [5, 5.41) is 12.8. The van der Waals surface area contributed by atoms with E-state index >= 15 is 0 Å². The van der Waals surface area contributed by atoms with Crippen molar-refractivity contribution in [3.8, 4) is 6.07 Å². The fourth-order valence-electron chi connectivity index (χ4n) is 4.60. The van der Waals surface area contributed by atoms with Crippen LogP contribution in [0.2, 0.25) is 0 Å². The Balaban J connectivity index is 1.22. The van der Waals surface area contributed by atoms with Gasteiger partial charge in [0.2, 0.25) is 0 Å². The van der Waals surface area contributed by atoms with Crippen molar-refractivity contribution in [2.45, 2.75) is 31.8 Å². The van der Waals surface area contributed by atoms with Gasteiger partial charge in [0.15, 0.2) is 0 Å². The third-order valence-electron chi connectivity index (χ3n) is 6.38. The van der Waals surface area contributed by atoms with E-state index in [2.05, 4.69) is 63.7 Å². The van der Waals surface area contributed by atoms with E-state index in [1.54, 1.807) is 0 Å². The number of anilines is 1. The first-order valence-corrected chi connectivity index (χ1v) is 11.0. The molecule has 31 heavy (non-hydrogen) atoms. The van der Waals surface area contributed by atoms with Gasteiger partial charge in [0.25, 0.3) is 0 Å². The smallest absolute Gasteiger partial charge is 0.0991 e. The number of hydrogen-bond donors (Lipinski definition) is 1. The molecule has 1 aliphatic carbocycles. The predicted octanol–water partition coefficient (Wildman–Crippen LogP) is 4.81. The molecule has 1 N–H and O–H groups in total. The van der Waals surface area contributed by atoms with Crippen LogP contribution >= 0.6 is 0 Å². The van der Waals surface area contributed by atoms with E-state index in [4.69, 9.17) is 5.26 Å². The van der Waals surface area contributed by atoms with Gasteiger partial charge in [-0.3, -0.25) is 4.98 Å². The second kappa shape index (κ2) is 8.75. The maximum Gasteiger partial charge on any atom is 0.0991 e. The molecule has 0 amide bonds. The van der Waals surface area contributed by atoms with E-state index in [1.165, 1.54) is 33.5 Å². The molecule has 1 saturated heterocycles. The Bertz CT molecular complexity index is 1140. The van der Waals surface area contributed by atoms with Crippen LogP contribution < -0.4 is 10.2 Å². The molecule has 0 bridgehead atoms. The van der Waals surface area contributed by atoms with E-state index in [1.807, 2.05) is 30.6 Å². The number of fused-ring (bicyclic) bond motifs is 1. The highest BCUT2D eigenvalue weighted by molar-refractivity contribution is 5.89. The van der Waals surface area contributed by atoms with Gasteiger partial charge in [0, 0.05) is 43.8 Å². The summed E-state index contributed by atoms with van der Waals surface area (Å²) in [6, 6.07) is 21.8. The van der Waals surface area contributed by atoms with Crippen LogP contribution in [0.3, 0.4) is 0 Å². The lowest BCUT2D eigenvalue weighted by molar-refractivity contribution is 0.414. The minimum Gasteiger partial charge on any atom is -0.371 e. The SMILES string of the molecule is N#Cc1ccc2c(c1)C=C(c1cccc(N3CCC(NCc4cccnc4)CC3)c1)C2. The minimum atomic E-state index is 0.556. The lowest BCUT2D eigenvalue weighted by Crippen LogP contribution is -2.42. The molecule has 1 fully saturated rings. The standard InChI is InChI=1S/C27H26N4/c28-17-20-6-7-23-14-25(15-24(23)13-20)22-4-1-5-27(16-22)31-11-8-26(9-12-31)30-19-21-3-2-10-29-18-21/h1-7,10,13,15-16,18,26,30H,8-9,11-12,14,19H2. The molecule has 1 aromatic heterocycles. The van der Waals surface area contributed by atoms with Gasteiger partial charge in [-0.15, -0.1) is 0 Å². The number of allylic oxidation sites excluding steroid dienone is 1. The van der Waals surface area contributed by atoms with Gasteiger partial charge in [-0.05, 0) is 77.4 Å². The highest BCUT2D eigenvalue weighted by Gasteiger charge is 2.20. The van der Waals surface area contributed by atoms with Crippen LogP contribution in [0.25, 0.3) is 11.6 Å². The lowest BCUT2D eigenvalue weighted by Gasteiger charge is -2.34. The fourth-order valence-corrected chi connectivity index (χ4v) is 4.60. The molecule has 0 saturated carbocycles. The van der Waals surface area contributed by atoms with Crippen molar-refractivity contribution in [3.05, 3.63) is 94.8 Å². The third kappa shape index (κ3) is 4.38. The number of nitriles is 1. The second-order valence-electron chi connectivity index (χ2n) is 8.43. The molecular weight excluding hydrogens is 380 g/mol. The average molecular weight is 407 g/mol. The molecule has 154 valence electrons. The summed E-state index contributed by atoms with van der Waals surface area (Å²) >= 11 is 0. The molecule has 0 atom stereocenters. The van der Waals surface area contributed by atoms with E-state index < -0.39 is 0 Å². The van der Waals surface area contributed by atoms with Crippen molar-refractivity contribution in [1.29, 1.82) is 5.26 Å². The Kier molecular flexibility index (Phi) is 5.52. The van der Waals surface area contributed by atoms with Gasteiger partial charge in [-0.2, -0.15) is 5.26 Å². The van der Waals surface area contributed by atoms with Gasteiger partial charge in [-0.1, -0.05) is 30.3 Å². The summed E-state index contributed by atoms with van der Waals surface area (Å²) in [4.78, 5) is 6.70. The zero-order valence-electron chi connectivity index (χ0n) is 17.6. The molecule has 0 radical (unpaired) electrons. The maximum absolute atomic E-state index is 9.16. The van der Waals surface area contributed by atoms with Crippen molar-refractivity contribution in [2.24, 2.45) is 0 Å². The number of piperidine rings is 1. The summed E-state index contributed by atoms with van der Waals surface area (Å²) in [5.74, 6) is 0. The lowest BCUT2D eigenvalue weighted by atomic mass is 10.0. The number of benzene rings is 2. The highest BCUT2D eigenvalue weighted by Crippen LogP contribution is 2.34. The molecule has 2 heterocycles. The highest BCUT2D eigenvalue weighted by atomic mass is 15.1. The van der Waals surface area contributed by atoms with Crippen LogP contribution in [0, 0.1) is 11.3 Å². The van der Waals surface area contributed by atoms with E-state index in [0.717, 1.165) is 44.5 Å². The first kappa shape index (κ1) is 19.5. The molecule has 2 aromatic carbocycles. The normalized spacial score (nSPS) is 16.0. The van der Waals surface area contributed by atoms with Crippen LogP contribution in [0.15, 0.2) is 67.0 Å². The van der Waals surface area contributed by atoms with E-state index in [9.17, 15) is 0 Å². The summed E-state index contributed by atoms with van der Waals surface area (Å²) in [7, 11) is 0. The number of pyridine rings is 1. The number of hydrogen-bond acceptors (Lipinski definition) is 4. The molecule has 0 spiro atoms. The Morgan fingerprint density at radius 3 is 2.77 bits per heavy atom. The summed E-state index contributed by atoms with van der Waals surface area (Å²) < 4.78 is 0. The molecule has 0 unspecified atom stereocenters. The summed E-state index contributed by atoms with van der Waals surface area (Å²) in [6.07, 6.45) is 9.23. The van der Waals surface area contributed by atoms with Crippen molar-refractivity contribution in [1.82, 2.24) is 10.3 Å². The Hall–Kier alpha value is -3.42. The summed E-state index contributed by atoms with van der Waals surface area (Å²) in [5.41, 5.74) is 8.37. The van der Waals surface area contributed by atoms with Gasteiger partial charge < -0.3 is 10.2 Å².